The highest BCUT2D eigenvalue weighted by Crippen LogP contribution is 2.31. The van der Waals surface area contributed by atoms with Gasteiger partial charge in [-0.2, -0.15) is 4.98 Å². The molecule has 8 heteroatoms. The van der Waals surface area contributed by atoms with E-state index in [1.165, 1.54) is 30.6 Å². The average molecular weight is 405 g/mol. The fourth-order valence-electron chi connectivity index (χ4n) is 3.45. The van der Waals surface area contributed by atoms with E-state index in [2.05, 4.69) is 27.0 Å². The zero-order valence-electron chi connectivity index (χ0n) is 16.4. The van der Waals surface area contributed by atoms with Crippen molar-refractivity contribution in [3.63, 3.8) is 0 Å². The number of ether oxygens (including phenoxy) is 1. The van der Waals surface area contributed by atoms with Crippen LogP contribution in [-0.2, 0) is 4.74 Å². The number of nitrogens with zero attached hydrogens (tertiary/aromatic N) is 5. The molecule has 0 spiro atoms. The number of hydrogen-bond donors (Lipinski definition) is 0. The third kappa shape index (κ3) is 3.13. The largest absolute Gasteiger partial charge is 0.378 e. The minimum absolute atomic E-state index is 0.202. The van der Waals surface area contributed by atoms with Gasteiger partial charge in [-0.3, -0.25) is 4.40 Å². The summed E-state index contributed by atoms with van der Waals surface area (Å²) in [5, 5.41) is 8.45. The number of fused-ring (bicyclic) bond motifs is 3. The third-order valence-electron chi connectivity index (χ3n) is 5.13. The molecule has 1 saturated heterocycles. The highest BCUT2D eigenvalue weighted by molar-refractivity contribution is 5.93. The van der Waals surface area contributed by atoms with E-state index in [1.54, 1.807) is 28.5 Å². The predicted molar refractivity (Wildman–Crippen MR) is 109 cm³/mol. The number of hydrogen-bond acceptors (Lipinski definition) is 5. The lowest BCUT2D eigenvalue weighted by molar-refractivity contribution is -0.0648. The first-order valence-corrected chi connectivity index (χ1v) is 9.36. The Morgan fingerprint density at radius 2 is 1.97 bits per heavy atom. The van der Waals surface area contributed by atoms with Gasteiger partial charge in [-0.25, -0.2) is 8.78 Å². The maximum Gasteiger partial charge on any atom is 0.257 e. The molecule has 0 atom stereocenters. The molecule has 1 aliphatic rings. The summed E-state index contributed by atoms with van der Waals surface area (Å²) in [7, 11) is 1.74. The van der Waals surface area contributed by atoms with Gasteiger partial charge in [0, 0.05) is 23.7 Å². The maximum absolute atomic E-state index is 14.4. The minimum atomic E-state index is -0.419. The Kier molecular flexibility index (Phi) is 4.15. The van der Waals surface area contributed by atoms with Crippen LogP contribution >= 0.6 is 0 Å². The van der Waals surface area contributed by atoms with E-state index in [0.29, 0.717) is 47.0 Å². The summed E-state index contributed by atoms with van der Waals surface area (Å²) >= 11 is 0. The molecule has 4 aromatic rings. The molecule has 0 N–H and O–H groups in total. The monoisotopic (exact) mass is 405 g/mol. The molecular formula is C22H17F2N5O. The molecule has 0 unspecified atom stereocenters. The summed E-state index contributed by atoms with van der Waals surface area (Å²) < 4.78 is 35.3. The van der Waals surface area contributed by atoms with Gasteiger partial charge in [-0.1, -0.05) is 11.8 Å². The number of rotatable bonds is 2. The van der Waals surface area contributed by atoms with Crippen LogP contribution in [-0.4, -0.2) is 39.8 Å². The Morgan fingerprint density at radius 3 is 2.73 bits per heavy atom. The Labute approximate surface area is 171 Å². The maximum atomic E-state index is 14.4. The highest BCUT2D eigenvalue weighted by Gasteiger charge is 2.31. The number of anilines is 2. The average Bonchev–Trinajstić information content (AvgIpc) is 3.18. The van der Waals surface area contributed by atoms with Crippen molar-refractivity contribution in [1.29, 1.82) is 0 Å². The second kappa shape index (κ2) is 6.75. The van der Waals surface area contributed by atoms with Crippen molar-refractivity contribution >= 4 is 28.2 Å². The molecule has 6 nitrogen and oxygen atoms in total. The standard InChI is InChI=1S/C22H17F2N5O/c1-22(11-30-12-22)6-5-14-7-16(24)9-17(8-14)28(2)20-18-10-15(23)3-4-19(18)29-13-25-27-21(29)26-20/h3-4,7-10,13H,11-12H2,1-2H3. The van der Waals surface area contributed by atoms with Crippen molar-refractivity contribution in [1.82, 2.24) is 19.6 Å². The van der Waals surface area contributed by atoms with Crippen LogP contribution in [0.25, 0.3) is 16.7 Å². The first kappa shape index (κ1) is 18.5. The Bertz CT molecular complexity index is 1350. The van der Waals surface area contributed by atoms with Crippen LogP contribution in [0, 0.1) is 28.9 Å². The molecule has 2 aromatic heterocycles. The molecule has 0 amide bonds. The molecule has 30 heavy (non-hydrogen) atoms. The van der Waals surface area contributed by atoms with Crippen molar-refractivity contribution in [3.8, 4) is 11.8 Å². The Hall–Kier alpha value is -3.57. The van der Waals surface area contributed by atoms with E-state index in [0.717, 1.165) is 0 Å². The lowest BCUT2D eigenvalue weighted by Crippen LogP contribution is -2.38. The fourth-order valence-corrected chi connectivity index (χ4v) is 3.45. The molecule has 0 aliphatic carbocycles. The Balaban J connectivity index is 1.63. The molecular weight excluding hydrogens is 388 g/mol. The molecule has 5 rings (SSSR count). The Morgan fingerprint density at radius 1 is 1.13 bits per heavy atom. The van der Waals surface area contributed by atoms with Crippen LogP contribution in [0.2, 0.25) is 0 Å². The van der Waals surface area contributed by atoms with E-state index in [-0.39, 0.29) is 5.41 Å². The van der Waals surface area contributed by atoms with Gasteiger partial charge in [-0.15, -0.1) is 10.2 Å². The summed E-state index contributed by atoms with van der Waals surface area (Å²) in [5.41, 5.74) is 1.58. The molecule has 2 aromatic carbocycles. The van der Waals surface area contributed by atoms with E-state index in [4.69, 9.17) is 4.74 Å². The van der Waals surface area contributed by atoms with E-state index in [1.807, 2.05) is 6.92 Å². The molecule has 0 bridgehead atoms. The summed E-state index contributed by atoms with van der Waals surface area (Å²) in [6.07, 6.45) is 1.52. The van der Waals surface area contributed by atoms with Gasteiger partial charge >= 0.3 is 0 Å². The normalized spacial score (nSPS) is 14.9. The number of aromatic nitrogens is 4. The fraction of sp³-hybridized carbons (Fsp3) is 0.227. The molecule has 0 saturated carbocycles. The minimum Gasteiger partial charge on any atom is -0.378 e. The smallest absolute Gasteiger partial charge is 0.257 e. The van der Waals surface area contributed by atoms with Crippen LogP contribution in [0.15, 0.2) is 42.7 Å². The topological polar surface area (TPSA) is 55.5 Å². The van der Waals surface area contributed by atoms with E-state index >= 15 is 0 Å². The van der Waals surface area contributed by atoms with Gasteiger partial charge < -0.3 is 9.64 Å². The van der Waals surface area contributed by atoms with Crippen LogP contribution in [0.4, 0.5) is 20.3 Å². The van der Waals surface area contributed by atoms with Gasteiger partial charge in [0.25, 0.3) is 5.78 Å². The number of benzene rings is 2. The first-order chi connectivity index (χ1) is 14.4. The molecule has 3 heterocycles. The van der Waals surface area contributed by atoms with Crippen LogP contribution in [0.3, 0.4) is 0 Å². The van der Waals surface area contributed by atoms with Crippen molar-refractivity contribution in [2.75, 3.05) is 25.2 Å². The highest BCUT2D eigenvalue weighted by atomic mass is 19.1. The second-order valence-corrected chi connectivity index (χ2v) is 7.66. The summed E-state index contributed by atoms with van der Waals surface area (Å²) in [4.78, 5) is 6.21. The van der Waals surface area contributed by atoms with E-state index < -0.39 is 11.6 Å². The van der Waals surface area contributed by atoms with Gasteiger partial charge in [0.2, 0.25) is 0 Å². The number of halogens is 2. The van der Waals surface area contributed by atoms with Crippen LogP contribution in [0.5, 0.6) is 0 Å². The molecule has 1 fully saturated rings. The van der Waals surface area contributed by atoms with Crippen molar-refractivity contribution in [2.45, 2.75) is 6.92 Å². The first-order valence-electron chi connectivity index (χ1n) is 9.36. The zero-order chi connectivity index (χ0) is 20.9. The summed E-state index contributed by atoms with van der Waals surface area (Å²) in [6.45, 7) is 3.15. The second-order valence-electron chi connectivity index (χ2n) is 7.66. The summed E-state index contributed by atoms with van der Waals surface area (Å²) in [6, 6.07) is 8.96. The van der Waals surface area contributed by atoms with Gasteiger partial charge in [-0.05, 0) is 43.3 Å². The predicted octanol–water partition coefficient (Wildman–Crippen LogP) is 3.71. The van der Waals surface area contributed by atoms with Crippen LogP contribution in [0.1, 0.15) is 12.5 Å². The third-order valence-corrected chi connectivity index (χ3v) is 5.13. The molecule has 150 valence electrons. The van der Waals surface area contributed by atoms with Gasteiger partial charge in [0.1, 0.15) is 23.8 Å². The van der Waals surface area contributed by atoms with Gasteiger partial charge in [0.05, 0.1) is 24.1 Å². The summed E-state index contributed by atoms with van der Waals surface area (Å²) in [5.74, 6) is 6.19. The van der Waals surface area contributed by atoms with Crippen molar-refractivity contribution in [2.24, 2.45) is 5.41 Å². The van der Waals surface area contributed by atoms with Crippen molar-refractivity contribution in [3.05, 3.63) is 59.9 Å². The zero-order valence-corrected chi connectivity index (χ0v) is 16.4. The van der Waals surface area contributed by atoms with E-state index in [9.17, 15) is 8.78 Å². The molecule has 0 radical (unpaired) electrons. The SMILES string of the molecule is CN(c1cc(F)cc(C#CC2(C)COC2)c1)c1nc2nncn2c2ccc(F)cc12. The lowest BCUT2D eigenvalue weighted by Gasteiger charge is -2.32. The van der Waals surface area contributed by atoms with Gasteiger partial charge in [0.15, 0.2) is 0 Å². The van der Waals surface area contributed by atoms with Crippen LogP contribution < -0.4 is 4.90 Å². The molecule has 1 aliphatic heterocycles. The van der Waals surface area contributed by atoms with Crippen molar-refractivity contribution < 1.29 is 13.5 Å². The lowest BCUT2D eigenvalue weighted by atomic mass is 9.89. The quantitative estimate of drug-likeness (QED) is 0.476.